The van der Waals surface area contributed by atoms with Crippen molar-refractivity contribution in [3.63, 3.8) is 0 Å². The number of nitrogens with zero attached hydrogens (tertiary/aromatic N) is 3. The molecule has 0 radical (unpaired) electrons. The summed E-state index contributed by atoms with van der Waals surface area (Å²) >= 11 is 0. The minimum atomic E-state index is -0.496. The Labute approximate surface area is 138 Å². The summed E-state index contributed by atoms with van der Waals surface area (Å²) in [6.45, 7) is 1.87. The van der Waals surface area contributed by atoms with Crippen molar-refractivity contribution in [1.29, 1.82) is 5.26 Å². The van der Waals surface area contributed by atoms with Crippen molar-refractivity contribution >= 4 is 28.4 Å². The number of carbonyl (C=O) groups excluding carboxylic acids is 1. The predicted octanol–water partition coefficient (Wildman–Crippen LogP) is 3.34. The first-order valence-electron chi connectivity index (χ1n) is 7.24. The largest absolute Gasteiger partial charge is 0.465 e. The number of anilines is 2. The maximum Gasteiger partial charge on any atom is 0.341 e. The Kier molecular flexibility index (Phi) is 4.08. The molecule has 3 aromatic rings. The Bertz CT molecular complexity index is 976. The number of hydrogen-bond acceptors (Lipinski definition) is 6. The third kappa shape index (κ3) is 2.88. The van der Waals surface area contributed by atoms with Crippen LogP contribution in [0.3, 0.4) is 0 Å². The minimum Gasteiger partial charge on any atom is -0.465 e. The van der Waals surface area contributed by atoms with Crippen molar-refractivity contribution in [3.8, 4) is 6.07 Å². The molecule has 0 fully saturated rings. The highest BCUT2D eigenvalue weighted by molar-refractivity contribution is 6.05. The molecule has 1 aromatic carbocycles. The Balaban J connectivity index is 2.18. The van der Waals surface area contributed by atoms with E-state index in [0.717, 1.165) is 5.69 Å². The van der Waals surface area contributed by atoms with Gasteiger partial charge >= 0.3 is 5.97 Å². The number of nitrogens with one attached hydrogen (secondary N) is 1. The van der Waals surface area contributed by atoms with Gasteiger partial charge in [-0.2, -0.15) is 5.26 Å². The number of aryl methyl sites for hydroxylation is 1. The van der Waals surface area contributed by atoms with Gasteiger partial charge in [0.15, 0.2) is 5.65 Å². The number of esters is 1. The molecule has 1 N–H and O–H groups in total. The molecule has 0 unspecified atom stereocenters. The van der Waals surface area contributed by atoms with Crippen molar-refractivity contribution in [1.82, 2.24) is 9.97 Å². The van der Waals surface area contributed by atoms with Gasteiger partial charge in [-0.15, -0.1) is 0 Å². The fourth-order valence-corrected chi connectivity index (χ4v) is 2.38. The predicted molar refractivity (Wildman–Crippen MR) is 90.1 cm³/mol. The van der Waals surface area contributed by atoms with Gasteiger partial charge in [0.2, 0.25) is 0 Å². The average molecular weight is 318 g/mol. The molecular weight excluding hydrogens is 304 g/mol. The second-order valence-corrected chi connectivity index (χ2v) is 5.18. The number of hydrogen-bond donors (Lipinski definition) is 1. The highest BCUT2D eigenvalue weighted by atomic mass is 16.5. The number of rotatable bonds is 3. The van der Waals surface area contributed by atoms with E-state index in [9.17, 15) is 4.79 Å². The van der Waals surface area contributed by atoms with Crippen LogP contribution in [0.5, 0.6) is 0 Å². The molecule has 0 aliphatic carbocycles. The Morgan fingerprint density at radius 1 is 1.29 bits per heavy atom. The van der Waals surface area contributed by atoms with E-state index < -0.39 is 5.97 Å². The van der Waals surface area contributed by atoms with Crippen LogP contribution in [0.25, 0.3) is 11.0 Å². The second kappa shape index (κ2) is 6.34. The molecule has 2 heterocycles. The summed E-state index contributed by atoms with van der Waals surface area (Å²) in [5.41, 5.74) is 3.42. The lowest BCUT2D eigenvalue weighted by Gasteiger charge is -2.13. The standard InChI is InChI=1S/C18H14N4O2/c1-11-6-7-14-16(22-13-5-3-4-12(8-13)9-19)15(18(23)24-2)10-20-17(14)21-11/h3-8,10H,1-2H3,(H,20,21,22). The fourth-order valence-electron chi connectivity index (χ4n) is 2.38. The summed E-state index contributed by atoms with van der Waals surface area (Å²) in [6, 6.07) is 12.8. The van der Waals surface area contributed by atoms with E-state index in [2.05, 4.69) is 21.4 Å². The van der Waals surface area contributed by atoms with Gasteiger partial charge in [-0.3, -0.25) is 0 Å². The van der Waals surface area contributed by atoms with Crippen LogP contribution >= 0.6 is 0 Å². The van der Waals surface area contributed by atoms with E-state index in [4.69, 9.17) is 10.00 Å². The lowest BCUT2D eigenvalue weighted by molar-refractivity contribution is 0.0601. The Hall–Kier alpha value is -3.46. The van der Waals surface area contributed by atoms with Crippen LogP contribution < -0.4 is 5.32 Å². The maximum atomic E-state index is 12.1. The van der Waals surface area contributed by atoms with Crippen LogP contribution in [0.4, 0.5) is 11.4 Å². The number of benzene rings is 1. The van der Waals surface area contributed by atoms with Gasteiger partial charge in [0, 0.05) is 23.0 Å². The van der Waals surface area contributed by atoms with Gasteiger partial charge in [-0.1, -0.05) is 6.07 Å². The molecule has 0 aliphatic heterocycles. The lowest BCUT2D eigenvalue weighted by Crippen LogP contribution is -2.08. The van der Waals surface area contributed by atoms with Gasteiger partial charge in [-0.05, 0) is 37.3 Å². The van der Waals surface area contributed by atoms with Gasteiger partial charge in [0.25, 0.3) is 0 Å². The number of pyridine rings is 2. The zero-order valence-corrected chi connectivity index (χ0v) is 13.2. The summed E-state index contributed by atoms with van der Waals surface area (Å²) in [5.74, 6) is -0.496. The maximum absolute atomic E-state index is 12.1. The quantitative estimate of drug-likeness (QED) is 0.745. The smallest absolute Gasteiger partial charge is 0.341 e. The molecule has 0 amide bonds. The normalized spacial score (nSPS) is 10.2. The van der Waals surface area contributed by atoms with Crippen molar-refractivity contribution in [2.24, 2.45) is 0 Å². The minimum absolute atomic E-state index is 0.304. The first-order chi connectivity index (χ1) is 11.6. The Morgan fingerprint density at radius 2 is 2.12 bits per heavy atom. The number of fused-ring (bicyclic) bond motifs is 1. The summed E-state index contributed by atoms with van der Waals surface area (Å²) in [7, 11) is 1.32. The average Bonchev–Trinajstić information content (AvgIpc) is 2.61. The summed E-state index contributed by atoms with van der Waals surface area (Å²) in [6.07, 6.45) is 1.44. The Morgan fingerprint density at radius 3 is 2.88 bits per heavy atom. The highest BCUT2D eigenvalue weighted by Crippen LogP contribution is 2.29. The highest BCUT2D eigenvalue weighted by Gasteiger charge is 2.17. The van der Waals surface area contributed by atoms with Crippen LogP contribution in [-0.4, -0.2) is 23.0 Å². The molecule has 118 valence electrons. The van der Waals surface area contributed by atoms with Crippen LogP contribution in [0.15, 0.2) is 42.6 Å². The van der Waals surface area contributed by atoms with E-state index >= 15 is 0 Å². The van der Waals surface area contributed by atoms with Gasteiger partial charge in [-0.25, -0.2) is 14.8 Å². The molecule has 24 heavy (non-hydrogen) atoms. The third-order valence-electron chi connectivity index (χ3n) is 3.54. The lowest BCUT2D eigenvalue weighted by atomic mass is 10.1. The first kappa shape index (κ1) is 15.4. The van der Waals surface area contributed by atoms with E-state index in [0.29, 0.717) is 33.5 Å². The van der Waals surface area contributed by atoms with Gasteiger partial charge in [0.1, 0.15) is 5.56 Å². The van der Waals surface area contributed by atoms with Crippen molar-refractivity contribution in [2.45, 2.75) is 6.92 Å². The van der Waals surface area contributed by atoms with E-state index in [1.807, 2.05) is 25.1 Å². The molecule has 0 atom stereocenters. The van der Waals surface area contributed by atoms with E-state index in [-0.39, 0.29) is 0 Å². The number of ether oxygens (including phenoxy) is 1. The molecule has 3 rings (SSSR count). The van der Waals surface area contributed by atoms with Gasteiger partial charge < -0.3 is 10.1 Å². The third-order valence-corrected chi connectivity index (χ3v) is 3.54. The van der Waals surface area contributed by atoms with Crippen LogP contribution in [0.2, 0.25) is 0 Å². The second-order valence-electron chi connectivity index (χ2n) is 5.18. The zero-order valence-electron chi connectivity index (χ0n) is 13.2. The van der Waals surface area contributed by atoms with Crippen molar-refractivity contribution in [2.75, 3.05) is 12.4 Å². The fraction of sp³-hybridized carbons (Fsp3) is 0.111. The van der Waals surface area contributed by atoms with E-state index in [1.54, 1.807) is 18.2 Å². The number of nitriles is 1. The SMILES string of the molecule is COC(=O)c1cnc2nc(C)ccc2c1Nc1cccc(C#N)c1. The molecule has 6 heteroatoms. The zero-order chi connectivity index (χ0) is 17.1. The van der Waals surface area contributed by atoms with E-state index in [1.165, 1.54) is 13.3 Å². The van der Waals surface area contributed by atoms with Crippen LogP contribution in [0, 0.1) is 18.3 Å². The molecule has 0 spiro atoms. The molecule has 2 aromatic heterocycles. The monoisotopic (exact) mass is 318 g/mol. The molecule has 0 aliphatic rings. The topological polar surface area (TPSA) is 87.9 Å². The van der Waals surface area contributed by atoms with Crippen LogP contribution in [0.1, 0.15) is 21.6 Å². The number of methoxy groups -OCH3 is 1. The molecule has 0 saturated heterocycles. The molecule has 0 bridgehead atoms. The summed E-state index contributed by atoms with van der Waals surface area (Å²) in [4.78, 5) is 20.7. The molecular formula is C18H14N4O2. The number of carbonyl (C=O) groups is 1. The first-order valence-corrected chi connectivity index (χ1v) is 7.24. The van der Waals surface area contributed by atoms with Crippen molar-refractivity contribution in [3.05, 3.63) is 59.4 Å². The summed E-state index contributed by atoms with van der Waals surface area (Å²) in [5, 5.41) is 12.9. The number of aromatic nitrogens is 2. The summed E-state index contributed by atoms with van der Waals surface area (Å²) < 4.78 is 4.84. The van der Waals surface area contributed by atoms with Crippen molar-refractivity contribution < 1.29 is 9.53 Å². The van der Waals surface area contributed by atoms with Gasteiger partial charge in [0.05, 0.1) is 24.4 Å². The molecule has 0 saturated carbocycles. The molecule has 6 nitrogen and oxygen atoms in total. The van der Waals surface area contributed by atoms with Crippen LogP contribution in [-0.2, 0) is 4.74 Å².